The van der Waals surface area contributed by atoms with Gasteiger partial charge in [-0.25, -0.2) is 0 Å². The monoisotopic (exact) mass is 486 g/mol. The van der Waals surface area contributed by atoms with Crippen LogP contribution >= 0.6 is 7.05 Å². The van der Waals surface area contributed by atoms with Crippen molar-refractivity contribution in [1.29, 1.82) is 0 Å². The summed E-state index contributed by atoms with van der Waals surface area (Å²) in [6, 6.07) is 53.6. The highest BCUT2D eigenvalue weighted by atomic mass is 31.2. The lowest BCUT2D eigenvalue weighted by atomic mass is 10.0. The van der Waals surface area contributed by atoms with Crippen molar-refractivity contribution in [3.8, 4) is 0 Å². The van der Waals surface area contributed by atoms with Gasteiger partial charge < -0.3 is 5.32 Å². The topological polar surface area (TPSA) is 24.4 Å². The van der Waals surface area contributed by atoms with E-state index in [9.17, 15) is 0 Å². The summed E-state index contributed by atoms with van der Waals surface area (Å²) in [6.45, 7) is 2.37. The van der Waals surface area contributed by atoms with Gasteiger partial charge in [0.25, 0.3) is 0 Å². The second-order valence-electron chi connectivity index (χ2n) is 8.93. The predicted octanol–water partition coefficient (Wildman–Crippen LogP) is 8.41. The van der Waals surface area contributed by atoms with Crippen molar-refractivity contribution in [2.24, 2.45) is 4.74 Å². The summed E-state index contributed by atoms with van der Waals surface area (Å²) < 4.78 is 5.69. The van der Waals surface area contributed by atoms with Crippen LogP contribution in [0.2, 0.25) is 0 Å². The standard InChI is InChI=1S/C33H31N2P/c1-27(33(28-17-7-2-8-18-28)34-29-19-9-3-10-20-29)36(31-23-13-5-14-24-31,32-25-15-6-16-26-32)35-30-21-11-4-12-22-30/h2-27,33-34H,1H3/t27-,33-/m1/s1. The molecule has 36 heavy (non-hydrogen) atoms. The minimum atomic E-state index is -2.31. The molecular formula is C33H31N2P. The summed E-state index contributed by atoms with van der Waals surface area (Å²) >= 11 is 0. The predicted molar refractivity (Wildman–Crippen MR) is 156 cm³/mol. The van der Waals surface area contributed by atoms with E-state index in [1.165, 1.54) is 16.2 Å². The summed E-state index contributed by atoms with van der Waals surface area (Å²) in [7, 11) is -2.31. The van der Waals surface area contributed by atoms with Crippen molar-refractivity contribution < 1.29 is 0 Å². The van der Waals surface area contributed by atoms with E-state index in [4.69, 9.17) is 4.74 Å². The molecule has 5 aromatic carbocycles. The Morgan fingerprint density at radius 1 is 0.528 bits per heavy atom. The molecule has 2 nitrogen and oxygen atoms in total. The first-order chi connectivity index (χ1) is 17.8. The zero-order chi connectivity index (χ0) is 24.6. The lowest BCUT2D eigenvalue weighted by molar-refractivity contribution is 0.758. The molecule has 0 unspecified atom stereocenters. The van der Waals surface area contributed by atoms with Crippen LogP contribution < -0.4 is 15.9 Å². The van der Waals surface area contributed by atoms with Gasteiger partial charge in [-0.3, -0.25) is 4.74 Å². The van der Waals surface area contributed by atoms with Crippen LogP contribution in [0, 0.1) is 0 Å². The van der Waals surface area contributed by atoms with Gasteiger partial charge in [-0.2, -0.15) is 0 Å². The number of rotatable bonds is 8. The van der Waals surface area contributed by atoms with E-state index in [1.807, 2.05) is 0 Å². The van der Waals surface area contributed by atoms with Gasteiger partial charge in [-0.05, 0) is 40.4 Å². The quantitative estimate of drug-likeness (QED) is 0.219. The number of hydrogen-bond acceptors (Lipinski definition) is 2. The SMILES string of the molecule is C[C@H]([C@@H](Nc1ccccc1)c1ccccc1)P(=Nc1ccccc1)(c1ccccc1)c1ccccc1. The molecule has 3 heteroatoms. The number of hydrogen-bond donors (Lipinski definition) is 1. The Morgan fingerprint density at radius 3 is 1.44 bits per heavy atom. The van der Waals surface area contributed by atoms with Crippen molar-refractivity contribution in [2.75, 3.05) is 5.32 Å². The van der Waals surface area contributed by atoms with Crippen LogP contribution in [-0.2, 0) is 0 Å². The lowest BCUT2D eigenvalue weighted by Crippen LogP contribution is -2.32. The lowest BCUT2D eigenvalue weighted by Gasteiger charge is -2.38. The molecule has 178 valence electrons. The molecule has 0 aliphatic carbocycles. The number of anilines is 1. The van der Waals surface area contributed by atoms with E-state index in [2.05, 4.69) is 164 Å². The van der Waals surface area contributed by atoms with E-state index >= 15 is 0 Å². The van der Waals surface area contributed by atoms with Gasteiger partial charge in [0.15, 0.2) is 0 Å². The molecule has 0 fully saturated rings. The Bertz CT molecular complexity index is 1360. The highest BCUT2D eigenvalue weighted by Gasteiger charge is 2.37. The molecule has 5 rings (SSSR count). The smallest absolute Gasteiger partial charge is 0.0621 e. The molecule has 0 spiro atoms. The maximum absolute atomic E-state index is 5.69. The Balaban J connectivity index is 1.79. The van der Waals surface area contributed by atoms with Gasteiger partial charge in [0, 0.05) is 18.4 Å². The molecule has 5 aromatic rings. The first-order valence-corrected chi connectivity index (χ1v) is 14.2. The second kappa shape index (κ2) is 11.2. The normalized spacial score (nSPS) is 12.9. The fourth-order valence-corrected chi connectivity index (χ4v) is 8.97. The maximum atomic E-state index is 5.69. The molecule has 0 aliphatic heterocycles. The van der Waals surface area contributed by atoms with E-state index in [-0.39, 0.29) is 11.7 Å². The van der Waals surface area contributed by atoms with Crippen molar-refractivity contribution in [3.05, 3.63) is 157 Å². The second-order valence-corrected chi connectivity index (χ2v) is 12.3. The van der Waals surface area contributed by atoms with Crippen LogP contribution in [0.4, 0.5) is 11.4 Å². The van der Waals surface area contributed by atoms with Gasteiger partial charge >= 0.3 is 0 Å². The van der Waals surface area contributed by atoms with Crippen LogP contribution in [-0.4, -0.2) is 5.66 Å². The maximum Gasteiger partial charge on any atom is 0.0621 e. The molecule has 2 atom stereocenters. The Kier molecular flexibility index (Phi) is 7.45. The number of benzene rings is 5. The molecule has 0 saturated heterocycles. The average Bonchev–Trinajstić information content (AvgIpc) is 2.97. The van der Waals surface area contributed by atoms with Crippen molar-refractivity contribution >= 4 is 29.0 Å². The molecule has 0 bridgehead atoms. The summed E-state index contributed by atoms with van der Waals surface area (Å²) in [5.74, 6) is 0. The number of nitrogens with zero attached hydrogens (tertiary/aromatic N) is 1. The van der Waals surface area contributed by atoms with Crippen molar-refractivity contribution in [3.63, 3.8) is 0 Å². The van der Waals surface area contributed by atoms with Gasteiger partial charge in [0.2, 0.25) is 0 Å². The summed E-state index contributed by atoms with van der Waals surface area (Å²) in [4.78, 5) is 0. The third-order valence-corrected chi connectivity index (χ3v) is 10.8. The Morgan fingerprint density at radius 2 is 0.944 bits per heavy atom. The fourth-order valence-electron chi connectivity index (χ4n) is 4.89. The van der Waals surface area contributed by atoms with Gasteiger partial charge in [-0.1, -0.05) is 134 Å². The Hall–Kier alpha value is -3.87. The number of nitrogens with one attached hydrogen (secondary N) is 1. The highest BCUT2D eigenvalue weighted by molar-refractivity contribution is 7.81. The molecular weight excluding hydrogens is 455 g/mol. The van der Waals surface area contributed by atoms with Gasteiger partial charge in [0.05, 0.1) is 11.7 Å². The summed E-state index contributed by atoms with van der Waals surface area (Å²) in [5, 5.41) is 6.46. The minimum Gasteiger partial charge on any atom is -0.378 e. The van der Waals surface area contributed by atoms with Crippen LogP contribution in [0.15, 0.2) is 156 Å². The summed E-state index contributed by atoms with van der Waals surface area (Å²) in [5.41, 5.74) is 3.53. The van der Waals surface area contributed by atoms with Crippen LogP contribution in [0.3, 0.4) is 0 Å². The summed E-state index contributed by atoms with van der Waals surface area (Å²) in [6.07, 6.45) is 0. The molecule has 0 radical (unpaired) electrons. The minimum absolute atomic E-state index is 0.0507. The van der Waals surface area contributed by atoms with Crippen molar-refractivity contribution in [1.82, 2.24) is 0 Å². The third kappa shape index (κ3) is 5.05. The zero-order valence-electron chi connectivity index (χ0n) is 20.5. The van der Waals surface area contributed by atoms with E-state index < -0.39 is 7.05 Å². The molecule has 0 heterocycles. The molecule has 0 amide bonds. The molecule has 0 aliphatic rings. The van der Waals surface area contributed by atoms with Crippen LogP contribution in [0.5, 0.6) is 0 Å². The van der Waals surface area contributed by atoms with E-state index in [0.29, 0.717) is 0 Å². The van der Waals surface area contributed by atoms with Crippen LogP contribution in [0.1, 0.15) is 18.5 Å². The molecule has 1 N–H and O–H groups in total. The first kappa shape index (κ1) is 23.9. The van der Waals surface area contributed by atoms with Crippen LogP contribution in [0.25, 0.3) is 0 Å². The molecule has 0 aromatic heterocycles. The van der Waals surface area contributed by atoms with E-state index in [1.54, 1.807) is 0 Å². The highest BCUT2D eigenvalue weighted by Crippen LogP contribution is 2.58. The first-order valence-electron chi connectivity index (χ1n) is 12.4. The van der Waals surface area contributed by atoms with Gasteiger partial charge in [-0.15, -0.1) is 0 Å². The average molecular weight is 487 g/mol. The van der Waals surface area contributed by atoms with Crippen molar-refractivity contribution in [2.45, 2.75) is 18.6 Å². The Labute approximate surface area is 214 Å². The van der Waals surface area contributed by atoms with E-state index in [0.717, 1.165) is 11.4 Å². The number of para-hydroxylation sites is 1. The fraction of sp³-hybridized carbons (Fsp3) is 0.0909. The van der Waals surface area contributed by atoms with Gasteiger partial charge in [0.1, 0.15) is 0 Å². The zero-order valence-corrected chi connectivity index (χ0v) is 21.4. The largest absolute Gasteiger partial charge is 0.378 e. The molecule has 0 saturated carbocycles. The third-order valence-electron chi connectivity index (χ3n) is 6.66.